The Labute approximate surface area is 208 Å². The van der Waals surface area contributed by atoms with Gasteiger partial charge in [-0.05, 0) is 72.4 Å². The first kappa shape index (κ1) is 27.6. The first-order chi connectivity index (χ1) is 16.7. The average Bonchev–Trinajstić information content (AvgIpc) is 2.87. The van der Waals surface area contributed by atoms with E-state index in [1.165, 1.54) is 79.2 Å². The molecule has 0 radical (unpaired) electrons. The van der Waals surface area contributed by atoms with Crippen LogP contribution in [0, 0.1) is 0 Å². The lowest BCUT2D eigenvalue weighted by Gasteiger charge is -2.13. The van der Waals surface area contributed by atoms with Crippen molar-refractivity contribution < 1.29 is 4.79 Å². The van der Waals surface area contributed by atoms with Gasteiger partial charge in [-0.3, -0.25) is 0 Å². The van der Waals surface area contributed by atoms with E-state index in [0.29, 0.717) is 0 Å². The van der Waals surface area contributed by atoms with Crippen LogP contribution in [0.4, 0.5) is 0 Å². The molecule has 2 aromatic carbocycles. The monoisotopic (exact) mass is 456 g/mol. The molecule has 0 unspecified atom stereocenters. The molecular weight excluding hydrogens is 412 g/mol. The van der Waals surface area contributed by atoms with Crippen LogP contribution in [0.2, 0.25) is 0 Å². The fourth-order valence-electron chi connectivity index (χ4n) is 4.38. The Balaban J connectivity index is 2.36. The minimum atomic E-state index is 0.858. The third-order valence-electron chi connectivity index (χ3n) is 6.43. The highest BCUT2D eigenvalue weighted by molar-refractivity contribution is 5.83. The van der Waals surface area contributed by atoms with Gasteiger partial charge in [0, 0.05) is 0 Å². The maximum absolute atomic E-state index is 9.21. The third kappa shape index (κ3) is 10.1. The second kappa shape index (κ2) is 16.9. The zero-order valence-electron chi connectivity index (χ0n) is 21.8. The number of unbranched alkanes of at least 4 members (excludes halogenated alkanes) is 7. The lowest BCUT2D eigenvalue weighted by Crippen LogP contribution is -1.95. The molecule has 0 fully saturated rings. The fraction of sp³-hybridized carbons (Fsp3) is 0.500. The molecule has 0 aromatic heterocycles. The highest BCUT2D eigenvalue weighted by Gasteiger charge is 2.10. The van der Waals surface area contributed by atoms with E-state index in [-0.39, 0.29) is 0 Å². The Morgan fingerprint density at radius 2 is 1.29 bits per heavy atom. The van der Waals surface area contributed by atoms with E-state index in [4.69, 9.17) is 0 Å². The van der Waals surface area contributed by atoms with Gasteiger partial charge < -0.3 is 5.53 Å². The van der Waals surface area contributed by atoms with Gasteiger partial charge in [0.15, 0.2) is 0 Å². The molecule has 2 nitrogen and oxygen atoms in total. The summed E-state index contributed by atoms with van der Waals surface area (Å²) in [6.07, 6.45) is 17.7. The molecule has 0 heterocycles. The average molecular weight is 457 g/mol. The van der Waals surface area contributed by atoms with E-state index in [2.05, 4.69) is 86.0 Å². The summed E-state index contributed by atoms with van der Waals surface area (Å²) in [5.41, 5.74) is 16.6. The van der Waals surface area contributed by atoms with Gasteiger partial charge in [-0.15, -0.1) is 4.79 Å². The molecule has 0 saturated heterocycles. The van der Waals surface area contributed by atoms with Crippen LogP contribution in [0.15, 0.2) is 60.2 Å². The van der Waals surface area contributed by atoms with Crippen molar-refractivity contribution in [3.05, 3.63) is 88.0 Å². The molecule has 0 spiro atoms. The number of benzene rings is 2. The maximum Gasteiger partial charge on any atom is 0.303 e. The maximum atomic E-state index is 9.21. The van der Waals surface area contributed by atoms with Crippen LogP contribution in [0.1, 0.15) is 114 Å². The third-order valence-corrected chi connectivity index (χ3v) is 6.43. The van der Waals surface area contributed by atoms with Gasteiger partial charge in [0.2, 0.25) is 0 Å². The van der Waals surface area contributed by atoms with E-state index < -0.39 is 0 Å². The van der Waals surface area contributed by atoms with Crippen molar-refractivity contribution >= 4 is 11.4 Å². The van der Waals surface area contributed by atoms with Gasteiger partial charge in [0.25, 0.3) is 0 Å². The van der Waals surface area contributed by atoms with Crippen LogP contribution in [0.5, 0.6) is 0 Å². The SMILES string of the molecule is CCCCCCCCc1cccc(C(=CC(=C=[N+]=[N-])CCCC)c2cccc(CCCC)c2)c1. The number of hydrogen-bond donors (Lipinski definition) is 0. The van der Waals surface area contributed by atoms with Gasteiger partial charge in [-0.1, -0.05) is 114 Å². The molecule has 0 aliphatic heterocycles. The van der Waals surface area contributed by atoms with E-state index >= 15 is 0 Å². The normalized spacial score (nSPS) is 11.2. The fourth-order valence-corrected chi connectivity index (χ4v) is 4.38. The summed E-state index contributed by atoms with van der Waals surface area (Å²) in [4.78, 5) is 3.24. The summed E-state index contributed by atoms with van der Waals surface area (Å²) in [6, 6.07) is 17.9. The minimum absolute atomic E-state index is 0.858. The van der Waals surface area contributed by atoms with Crippen molar-refractivity contribution in [2.45, 2.75) is 104 Å². The summed E-state index contributed by atoms with van der Waals surface area (Å²) in [7, 11) is 0. The highest BCUT2D eigenvalue weighted by atomic mass is 14.8. The molecule has 2 rings (SSSR count). The zero-order valence-corrected chi connectivity index (χ0v) is 21.8. The second-order valence-corrected chi connectivity index (χ2v) is 9.42. The van der Waals surface area contributed by atoms with Gasteiger partial charge in [-0.2, -0.15) is 0 Å². The molecule has 0 saturated carbocycles. The van der Waals surface area contributed by atoms with Gasteiger partial charge >= 0.3 is 5.87 Å². The molecular formula is C32H44N2. The Morgan fingerprint density at radius 3 is 1.88 bits per heavy atom. The van der Waals surface area contributed by atoms with E-state index in [1.807, 2.05) is 0 Å². The quantitative estimate of drug-likeness (QED) is 0.0793. The van der Waals surface area contributed by atoms with Crippen molar-refractivity contribution in [1.29, 1.82) is 0 Å². The van der Waals surface area contributed by atoms with Crippen molar-refractivity contribution in [2.75, 3.05) is 0 Å². The molecule has 2 heteroatoms. The van der Waals surface area contributed by atoms with Crippen LogP contribution in [-0.2, 0) is 12.8 Å². The summed E-state index contributed by atoms with van der Waals surface area (Å²) in [6.45, 7) is 6.69. The molecule has 2 aromatic rings. The minimum Gasteiger partial charge on any atom is -0.348 e. The van der Waals surface area contributed by atoms with Crippen LogP contribution < -0.4 is 0 Å². The Kier molecular flexibility index (Phi) is 13.7. The lowest BCUT2D eigenvalue weighted by molar-refractivity contribution is 0.00746. The van der Waals surface area contributed by atoms with E-state index in [9.17, 15) is 5.53 Å². The van der Waals surface area contributed by atoms with Gasteiger partial charge in [0.1, 0.15) is 0 Å². The first-order valence-electron chi connectivity index (χ1n) is 13.6. The van der Waals surface area contributed by atoms with Crippen molar-refractivity contribution in [2.24, 2.45) is 0 Å². The number of nitrogens with zero attached hydrogens (tertiary/aromatic N) is 2. The van der Waals surface area contributed by atoms with E-state index in [1.54, 1.807) is 0 Å². The predicted molar refractivity (Wildman–Crippen MR) is 147 cm³/mol. The van der Waals surface area contributed by atoms with Crippen molar-refractivity contribution in [3.8, 4) is 0 Å². The molecule has 0 aliphatic carbocycles. The first-order valence-corrected chi connectivity index (χ1v) is 13.6. The summed E-state index contributed by atoms with van der Waals surface area (Å²) >= 11 is 0. The van der Waals surface area contributed by atoms with Crippen LogP contribution >= 0.6 is 0 Å². The van der Waals surface area contributed by atoms with Crippen LogP contribution in [0.3, 0.4) is 0 Å². The number of allylic oxidation sites excluding steroid dienone is 2. The zero-order chi connectivity index (χ0) is 24.4. The molecule has 0 atom stereocenters. The molecule has 0 amide bonds. The number of aryl methyl sites for hydroxylation is 2. The Morgan fingerprint density at radius 1 is 0.735 bits per heavy atom. The van der Waals surface area contributed by atoms with Crippen LogP contribution in [0.25, 0.3) is 11.1 Å². The topological polar surface area (TPSA) is 36.4 Å². The number of rotatable bonds is 16. The second-order valence-electron chi connectivity index (χ2n) is 9.42. The predicted octanol–water partition coefficient (Wildman–Crippen LogP) is 9.38. The summed E-state index contributed by atoms with van der Waals surface area (Å²) in [5.74, 6) is 2.83. The highest BCUT2D eigenvalue weighted by Crippen LogP contribution is 2.28. The molecule has 0 bridgehead atoms. The molecule has 0 aliphatic rings. The van der Waals surface area contributed by atoms with Crippen molar-refractivity contribution in [1.82, 2.24) is 0 Å². The molecule has 182 valence electrons. The lowest BCUT2D eigenvalue weighted by atomic mass is 9.91. The van der Waals surface area contributed by atoms with Gasteiger partial charge in [-0.25, -0.2) is 0 Å². The molecule has 34 heavy (non-hydrogen) atoms. The molecule has 0 N–H and O–H groups in total. The Hall–Kier alpha value is -2.66. The standard InChI is InChI=1S/C32H44N2/c1-4-7-10-11-12-13-18-28-20-15-22-31(24-28)32(25-29(26-34-33)17-9-6-3)30-21-14-19-27(23-30)16-8-5-2/h14-15,19-25H,4-13,16-18H2,1-3H3. The van der Waals surface area contributed by atoms with Gasteiger partial charge in [0.05, 0.1) is 5.57 Å². The smallest absolute Gasteiger partial charge is 0.303 e. The summed E-state index contributed by atoms with van der Waals surface area (Å²) < 4.78 is 0. The van der Waals surface area contributed by atoms with Crippen LogP contribution in [-0.4, -0.2) is 10.7 Å². The number of hydrogen-bond acceptors (Lipinski definition) is 0. The summed E-state index contributed by atoms with van der Waals surface area (Å²) in [5, 5.41) is 0. The van der Waals surface area contributed by atoms with Crippen molar-refractivity contribution in [3.63, 3.8) is 0 Å². The Bertz CT molecular complexity index is 972. The van der Waals surface area contributed by atoms with E-state index in [0.717, 1.165) is 37.7 Å². The largest absolute Gasteiger partial charge is 0.348 e.